The summed E-state index contributed by atoms with van der Waals surface area (Å²) in [7, 11) is 1.76. The number of ether oxygens (including phenoxy) is 1. The molecule has 2 aromatic rings. The fourth-order valence-electron chi connectivity index (χ4n) is 1.71. The zero-order chi connectivity index (χ0) is 14.6. The van der Waals surface area contributed by atoms with Crippen molar-refractivity contribution < 1.29 is 17.9 Å². The maximum atomic E-state index is 12.8. The first-order chi connectivity index (χ1) is 9.50. The van der Waals surface area contributed by atoms with Crippen LogP contribution in [0.25, 0.3) is 0 Å². The van der Waals surface area contributed by atoms with Crippen LogP contribution in [0.15, 0.2) is 42.6 Å². The van der Waals surface area contributed by atoms with Gasteiger partial charge >= 0.3 is 6.18 Å². The highest BCUT2D eigenvalue weighted by Gasteiger charge is 2.34. The Morgan fingerprint density at radius 3 is 2.65 bits per heavy atom. The van der Waals surface area contributed by atoms with Gasteiger partial charge in [-0.25, -0.2) is 0 Å². The maximum Gasteiger partial charge on any atom is 0.419 e. The summed E-state index contributed by atoms with van der Waals surface area (Å²) in [4.78, 5) is 4.08. The third kappa shape index (κ3) is 3.48. The first kappa shape index (κ1) is 14.3. The predicted octanol–water partition coefficient (Wildman–Crippen LogP) is 3.61. The smallest absolute Gasteiger partial charge is 0.419 e. The molecule has 0 spiro atoms. The van der Waals surface area contributed by atoms with Crippen molar-refractivity contribution in [1.82, 2.24) is 10.3 Å². The van der Waals surface area contributed by atoms with E-state index >= 15 is 0 Å². The lowest BCUT2D eigenvalue weighted by Gasteiger charge is -2.13. The summed E-state index contributed by atoms with van der Waals surface area (Å²) in [5.41, 5.74) is -0.110. The van der Waals surface area contributed by atoms with Crippen LogP contribution in [0.3, 0.4) is 0 Å². The van der Waals surface area contributed by atoms with Crippen LogP contribution in [0.5, 0.6) is 11.5 Å². The predicted molar refractivity (Wildman–Crippen MR) is 68.5 cm³/mol. The quantitative estimate of drug-likeness (QED) is 0.930. The molecule has 6 heteroatoms. The molecule has 0 atom stereocenters. The molecule has 1 heterocycles. The molecule has 3 nitrogen and oxygen atoms in total. The van der Waals surface area contributed by atoms with E-state index in [0.29, 0.717) is 18.0 Å². The van der Waals surface area contributed by atoms with Gasteiger partial charge in [0.05, 0.1) is 11.3 Å². The second-order valence-electron chi connectivity index (χ2n) is 4.11. The number of pyridine rings is 1. The largest absolute Gasteiger partial charge is 0.457 e. The van der Waals surface area contributed by atoms with Crippen LogP contribution in [0.4, 0.5) is 13.2 Å². The molecule has 0 bridgehead atoms. The number of nitrogens with zero attached hydrogens (tertiary/aromatic N) is 1. The van der Waals surface area contributed by atoms with Crippen molar-refractivity contribution in [2.24, 2.45) is 0 Å². The Hall–Kier alpha value is -2.08. The van der Waals surface area contributed by atoms with Gasteiger partial charge < -0.3 is 10.1 Å². The molecular formula is C14H13F3N2O. The third-order valence-corrected chi connectivity index (χ3v) is 2.57. The van der Waals surface area contributed by atoms with Crippen LogP contribution >= 0.6 is 0 Å². The summed E-state index contributed by atoms with van der Waals surface area (Å²) in [5.74, 6) is 0.101. The van der Waals surface area contributed by atoms with Crippen LogP contribution in [0.1, 0.15) is 11.3 Å². The Bertz CT molecular complexity index is 585. The van der Waals surface area contributed by atoms with Crippen LogP contribution in [0, 0.1) is 0 Å². The lowest BCUT2D eigenvalue weighted by molar-refractivity contribution is -0.138. The second kappa shape index (κ2) is 5.92. The minimum absolute atomic E-state index is 0.221. The van der Waals surface area contributed by atoms with E-state index in [1.165, 1.54) is 30.5 Å². The standard InChI is InChI=1S/C14H13F3N2O/c1-18-9-10-8-11(6-7-19-10)20-13-5-3-2-4-12(13)14(15,16)17/h2-8,18H,9H2,1H3. The van der Waals surface area contributed by atoms with Crippen LogP contribution in [0.2, 0.25) is 0 Å². The molecule has 0 saturated heterocycles. The monoisotopic (exact) mass is 282 g/mol. The third-order valence-electron chi connectivity index (χ3n) is 2.57. The van der Waals surface area contributed by atoms with E-state index in [0.717, 1.165) is 6.07 Å². The number of hydrogen-bond donors (Lipinski definition) is 1. The Balaban J connectivity index is 2.28. The number of benzene rings is 1. The highest BCUT2D eigenvalue weighted by molar-refractivity contribution is 5.39. The number of halogens is 3. The van der Waals surface area contributed by atoms with Gasteiger partial charge in [0.25, 0.3) is 0 Å². The summed E-state index contributed by atoms with van der Waals surface area (Å²) in [6, 6.07) is 8.23. The molecule has 1 aromatic carbocycles. The number of nitrogens with one attached hydrogen (secondary N) is 1. The minimum Gasteiger partial charge on any atom is -0.457 e. The van der Waals surface area contributed by atoms with E-state index in [1.807, 2.05) is 0 Å². The lowest BCUT2D eigenvalue weighted by atomic mass is 10.2. The van der Waals surface area contributed by atoms with Gasteiger partial charge in [0.15, 0.2) is 0 Å². The molecule has 0 saturated carbocycles. The molecule has 2 rings (SSSR count). The van der Waals surface area contributed by atoms with Crippen molar-refractivity contribution in [3.05, 3.63) is 53.9 Å². The lowest BCUT2D eigenvalue weighted by Crippen LogP contribution is -2.08. The Kier molecular flexibility index (Phi) is 4.24. The van der Waals surface area contributed by atoms with E-state index in [4.69, 9.17) is 4.74 Å². The average Bonchev–Trinajstić information content (AvgIpc) is 2.39. The molecule has 1 N–H and O–H groups in total. The van der Waals surface area contributed by atoms with Gasteiger partial charge in [0.1, 0.15) is 11.5 Å². The minimum atomic E-state index is -4.45. The summed E-state index contributed by atoms with van der Waals surface area (Å²) in [5, 5.41) is 2.91. The van der Waals surface area contributed by atoms with E-state index in [1.54, 1.807) is 13.1 Å². The molecule has 0 radical (unpaired) electrons. The number of para-hydroxylation sites is 1. The first-order valence-electron chi connectivity index (χ1n) is 5.94. The molecule has 0 amide bonds. The fourth-order valence-corrected chi connectivity index (χ4v) is 1.71. The Morgan fingerprint density at radius 1 is 1.20 bits per heavy atom. The zero-order valence-corrected chi connectivity index (χ0v) is 10.7. The van der Waals surface area contributed by atoms with Crippen molar-refractivity contribution in [2.45, 2.75) is 12.7 Å². The van der Waals surface area contributed by atoms with Gasteiger partial charge in [-0.3, -0.25) is 4.98 Å². The van der Waals surface area contributed by atoms with Crippen LogP contribution < -0.4 is 10.1 Å². The highest BCUT2D eigenvalue weighted by Crippen LogP contribution is 2.37. The molecule has 0 aliphatic rings. The van der Waals surface area contributed by atoms with Crippen LogP contribution in [-0.2, 0) is 12.7 Å². The second-order valence-corrected chi connectivity index (χ2v) is 4.11. The topological polar surface area (TPSA) is 34.1 Å². The molecule has 20 heavy (non-hydrogen) atoms. The van der Waals surface area contributed by atoms with Gasteiger partial charge in [-0.2, -0.15) is 13.2 Å². The molecule has 106 valence electrons. The molecule has 0 fully saturated rings. The zero-order valence-electron chi connectivity index (χ0n) is 10.7. The van der Waals surface area contributed by atoms with Crippen molar-refractivity contribution in [3.8, 4) is 11.5 Å². The Labute approximate surface area is 114 Å². The number of alkyl halides is 3. The van der Waals surface area contributed by atoms with E-state index < -0.39 is 11.7 Å². The fraction of sp³-hybridized carbons (Fsp3) is 0.214. The van der Waals surface area contributed by atoms with E-state index in [9.17, 15) is 13.2 Å². The first-order valence-corrected chi connectivity index (χ1v) is 5.94. The van der Waals surface area contributed by atoms with Gasteiger partial charge in [-0.1, -0.05) is 12.1 Å². The van der Waals surface area contributed by atoms with Crippen LogP contribution in [-0.4, -0.2) is 12.0 Å². The molecule has 1 aromatic heterocycles. The van der Waals surface area contributed by atoms with Gasteiger partial charge in [0, 0.05) is 18.8 Å². The average molecular weight is 282 g/mol. The highest BCUT2D eigenvalue weighted by atomic mass is 19.4. The summed E-state index contributed by atoms with van der Waals surface area (Å²) < 4.78 is 43.9. The van der Waals surface area contributed by atoms with Crippen molar-refractivity contribution in [2.75, 3.05) is 7.05 Å². The molecule has 0 aliphatic carbocycles. The van der Waals surface area contributed by atoms with Crippen molar-refractivity contribution in [1.29, 1.82) is 0 Å². The summed E-state index contributed by atoms with van der Waals surface area (Å²) >= 11 is 0. The number of rotatable bonds is 4. The van der Waals surface area contributed by atoms with Crippen molar-refractivity contribution in [3.63, 3.8) is 0 Å². The molecular weight excluding hydrogens is 269 g/mol. The number of hydrogen-bond acceptors (Lipinski definition) is 3. The summed E-state index contributed by atoms with van der Waals surface area (Å²) in [6.45, 7) is 0.512. The molecule has 0 aliphatic heterocycles. The maximum absolute atomic E-state index is 12.8. The normalized spacial score (nSPS) is 11.4. The SMILES string of the molecule is CNCc1cc(Oc2ccccc2C(F)(F)F)ccn1. The summed E-state index contributed by atoms with van der Waals surface area (Å²) in [6.07, 6.45) is -2.95. The van der Waals surface area contributed by atoms with E-state index in [-0.39, 0.29) is 5.75 Å². The van der Waals surface area contributed by atoms with Gasteiger partial charge in [-0.15, -0.1) is 0 Å². The van der Waals surface area contributed by atoms with Gasteiger partial charge in [0.2, 0.25) is 0 Å². The van der Waals surface area contributed by atoms with Gasteiger partial charge in [-0.05, 0) is 25.2 Å². The molecule has 0 unspecified atom stereocenters. The van der Waals surface area contributed by atoms with E-state index in [2.05, 4.69) is 10.3 Å². The number of aromatic nitrogens is 1. The van der Waals surface area contributed by atoms with Crippen molar-refractivity contribution >= 4 is 0 Å². The Morgan fingerprint density at radius 2 is 1.95 bits per heavy atom.